The zero-order chi connectivity index (χ0) is 21.4. The summed E-state index contributed by atoms with van der Waals surface area (Å²) in [5.74, 6) is 0.629. The summed E-state index contributed by atoms with van der Waals surface area (Å²) in [6, 6.07) is 11.2. The van der Waals surface area contributed by atoms with E-state index in [9.17, 15) is 14.3 Å². The first-order valence-corrected chi connectivity index (χ1v) is 11.5. The number of likely N-dealkylation sites (tertiary alicyclic amines) is 1. The lowest BCUT2D eigenvalue weighted by Gasteiger charge is -2.57. The number of carbonyl (C=O) groups is 1. The van der Waals surface area contributed by atoms with Crippen molar-refractivity contribution in [1.82, 2.24) is 14.8 Å². The number of fused-ring (bicyclic) bond motifs is 4. The maximum absolute atomic E-state index is 13.8. The Kier molecular flexibility index (Phi) is 5.76. The molecule has 0 saturated carbocycles. The zero-order valence-electron chi connectivity index (χ0n) is 17.8. The second-order valence-electron chi connectivity index (χ2n) is 9.38. The van der Waals surface area contributed by atoms with Crippen LogP contribution in [0, 0.1) is 17.7 Å². The molecule has 2 aromatic rings. The Morgan fingerprint density at radius 2 is 2.00 bits per heavy atom. The highest BCUT2D eigenvalue weighted by molar-refractivity contribution is 5.92. The molecule has 3 aliphatic rings. The highest BCUT2D eigenvalue weighted by Gasteiger charge is 2.47. The molecule has 0 spiro atoms. The molecule has 5 rings (SSSR count). The van der Waals surface area contributed by atoms with Crippen LogP contribution in [0.5, 0.6) is 0 Å². The van der Waals surface area contributed by atoms with Crippen LogP contribution >= 0.6 is 0 Å². The molecule has 2 bridgehead atoms. The largest absolute Gasteiger partial charge is 0.392 e. The third-order valence-electron chi connectivity index (χ3n) is 7.47. The van der Waals surface area contributed by atoms with E-state index in [4.69, 9.17) is 0 Å². The number of nitrogens with zero attached hydrogens (tertiary/aromatic N) is 3. The van der Waals surface area contributed by atoms with Crippen molar-refractivity contribution in [2.24, 2.45) is 11.8 Å². The summed E-state index contributed by atoms with van der Waals surface area (Å²) in [7, 11) is 0. The van der Waals surface area contributed by atoms with Crippen molar-refractivity contribution in [3.05, 3.63) is 65.2 Å². The summed E-state index contributed by atoms with van der Waals surface area (Å²) in [6.45, 7) is 2.49. The normalized spacial score (nSPS) is 28.3. The highest BCUT2D eigenvalue weighted by atomic mass is 19.1. The number of pyridine rings is 1. The van der Waals surface area contributed by atoms with Gasteiger partial charge in [0.1, 0.15) is 11.5 Å². The molecule has 1 N–H and O–H groups in total. The summed E-state index contributed by atoms with van der Waals surface area (Å²) in [5, 5.41) is 9.42. The molecule has 1 aromatic carbocycles. The summed E-state index contributed by atoms with van der Waals surface area (Å²) >= 11 is 0. The monoisotopic (exact) mass is 423 g/mol. The molecule has 0 radical (unpaired) electrons. The van der Waals surface area contributed by atoms with Crippen molar-refractivity contribution >= 4 is 5.91 Å². The number of hydrogen-bond donors (Lipinski definition) is 1. The Morgan fingerprint density at radius 3 is 2.84 bits per heavy atom. The molecule has 1 amide bonds. The fraction of sp³-hybridized carbons (Fsp3) is 0.520. The van der Waals surface area contributed by atoms with E-state index in [2.05, 4.69) is 9.88 Å². The Labute approximate surface area is 182 Å². The van der Waals surface area contributed by atoms with Crippen molar-refractivity contribution in [3.63, 3.8) is 0 Å². The number of amides is 1. The lowest BCUT2D eigenvalue weighted by Crippen LogP contribution is -2.64. The predicted octanol–water partition coefficient (Wildman–Crippen LogP) is 3.27. The van der Waals surface area contributed by atoms with Crippen molar-refractivity contribution in [2.45, 2.75) is 50.8 Å². The number of aromatic nitrogens is 1. The smallest absolute Gasteiger partial charge is 0.272 e. The van der Waals surface area contributed by atoms with Gasteiger partial charge in [-0.2, -0.15) is 0 Å². The molecule has 6 heteroatoms. The van der Waals surface area contributed by atoms with Crippen molar-refractivity contribution in [1.29, 1.82) is 0 Å². The molecule has 3 aliphatic heterocycles. The third kappa shape index (κ3) is 4.11. The maximum Gasteiger partial charge on any atom is 0.272 e. The molecular formula is C25H30FN3O2. The molecule has 5 nitrogen and oxygen atoms in total. The number of carbonyl (C=O) groups excluding carboxylic acids is 1. The Morgan fingerprint density at radius 1 is 1.13 bits per heavy atom. The minimum atomic E-state index is -0.184. The zero-order valence-corrected chi connectivity index (χ0v) is 17.8. The Bertz CT molecular complexity index is 952. The van der Waals surface area contributed by atoms with Crippen LogP contribution in [0.4, 0.5) is 4.39 Å². The van der Waals surface area contributed by atoms with Crippen LogP contribution in [0.2, 0.25) is 0 Å². The topological polar surface area (TPSA) is 56.7 Å². The van der Waals surface area contributed by atoms with E-state index in [-0.39, 0.29) is 18.3 Å². The fourth-order valence-electron chi connectivity index (χ4n) is 6.11. The SMILES string of the molecule is O=C(c1cc(CO)ccn1)N1C[C@H]2C[C@@H](C1)[C@H](Cc1cccc(F)c1)N1CCCC[C@@H]21. The van der Waals surface area contributed by atoms with E-state index in [1.165, 1.54) is 25.3 Å². The van der Waals surface area contributed by atoms with Crippen LogP contribution in [-0.2, 0) is 13.0 Å². The summed E-state index contributed by atoms with van der Waals surface area (Å²) in [4.78, 5) is 22.2. The van der Waals surface area contributed by atoms with Crippen molar-refractivity contribution in [3.8, 4) is 0 Å². The van der Waals surface area contributed by atoms with Gasteiger partial charge in [-0.05, 0) is 79.5 Å². The molecule has 3 saturated heterocycles. The standard InChI is InChI=1S/C25H30FN3O2/c26-21-5-3-4-17(10-21)12-24-20-13-19(23-6-1-2-9-29(23)24)14-28(15-20)25(31)22-11-18(16-30)7-8-27-22/h3-5,7-8,10-11,19-20,23-24,30H,1-2,6,9,12-16H2/t19-,20+,23+,24+/m1/s1. The van der Waals surface area contributed by atoms with Gasteiger partial charge in [-0.15, -0.1) is 0 Å². The number of aliphatic hydroxyl groups excluding tert-OH is 1. The van der Waals surface area contributed by atoms with Gasteiger partial charge in [0.2, 0.25) is 0 Å². The van der Waals surface area contributed by atoms with Gasteiger partial charge in [-0.1, -0.05) is 18.6 Å². The quantitative estimate of drug-likeness (QED) is 0.820. The van der Waals surface area contributed by atoms with Gasteiger partial charge in [-0.25, -0.2) is 4.39 Å². The van der Waals surface area contributed by atoms with Gasteiger partial charge in [0.15, 0.2) is 0 Å². The number of halogens is 1. The first-order valence-electron chi connectivity index (χ1n) is 11.5. The second kappa shape index (κ2) is 8.67. The molecule has 164 valence electrons. The first kappa shape index (κ1) is 20.6. The minimum absolute atomic E-state index is 0.0428. The van der Waals surface area contributed by atoms with Gasteiger partial charge in [0.25, 0.3) is 5.91 Å². The van der Waals surface area contributed by atoms with Crippen molar-refractivity contribution in [2.75, 3.05) is 19.6 Å². The van der Waals surface area contributed by atoms with Crippen LogP contribution in [0.3, 0.4) is 0 Å². The molecule has 1 aromatic heterocycles. The highest BCUT2D eigenvalue weighted by Crippen LogP contribution is 2.42. The van der Waals surface area contributed by atoms with E-state index < -0.39 is 0 Å². The average molecular weight is 424 g/mol. The van der Waals surface area contributed by atoms with Gasteiger partial charge in [-0.3, -0.25) is 14.7 Å². The van der Waals surface area contributed by atoms with Crippen molar-refractivity contribution < 1.29 is 14.3 Å². The molecule has 4 heterocycles. The van der Waals surface area contributed by atoms with E-state index in [1.807, 2.05) is 11.0 Å². The lowest BCUT2D eigenvalue weighted by molar-refractivity contribution is -0.0643. The molecule has 31 heavy (non-hydrogen) atoms. The third-order valence-corrected chi connectivity index (χ3v) is 7.47. The first-order chi connectivity index (χ1) is 15.1. The number of hydrogen-bond acceptors (Lipinski definition) is 4. The summed E-state index contributed by atoms with van der Waals surface area (Å²) in [6.07, 6.45) is 7.19. The second-order valence-corrected chi connectivity index (χ2v) is 9.38. The number of aliphatic hydroxyl groups is 1. The Balaban J connectivity index is 1.41. The van der Waals surface area contributed by atoms with Crippen LogP contribution in [0.25, 0.3) is 0 Å². The van der Waals surface area contributed by atoms with E-state index in [0.717, 1.165) is 31.5 Å². The van der Waals surface area contributed by atoms with Gasteiger partial charge >= 0.3 is 0 Å². The minimum Gasteiger partial charge on any atom is -0.392 e. The molecule has 3 fully saturated rings. The van der Waals surface area contributed by atoms with E-state index in [0.29, 0.717) is 41.7 Å². The lowest BCUT2D eigenvalue weighted by atomic mass is 9.71. The number of piperidine rings is 3. The molecule has 0 unspecified atom stereocenters. The summed E-state index contributed by atoms with van der Waals surface area (Å²) < 4.78 is 13.8. The molecular weight excluding hydrogens is 393 g/mol. The number of benzene rings is 1. The predicted molar refractivity (Wildman–Crippen MR) is 116 cm³/mol. The van der Waals surface area contributed by atoms with Gasteiger partial charge in [0.05, 0.1) is 6.61 Å². The Hall–Kier alpha value is -2.31. The molecule has 0 aliphatic carbocycles. The molecule has 4 atom stereocenters. The van der Waals surface area contributed by atoms with Gasteiger partial charge in [0, 0.05) is 31.4 Å². The van der Waals surface area contributed by atoms with Crippen LogP contribution in [-0.4, -0.2) is 57.5 Å². The number of rotatable bonds is 4. The van der Waals surface area contributed by atoms with Crippen LogP contribution in [0.1, 0.15) is 47.3 Å². The van der Waals surface area contributed by atoms with E-state index >= 15 is 0 Å². The fourth-order valence-corrected chi connectivity index (χ4v) is 6.11. The van der Waals surface area contributed by atoms with Gasteiger partial charge < -0.3 is 10.0 Å². The average Bonchev–Trinajstić information content (AvgIpc) is 2.81. The van der Waals surface area contributed by atoms with Crippen LogP contribution < -0.4 is 0 Å². The van der Waals surface area contributed by atoms with E-state index in [1.54, 1.807) is 30.5 Å². The summed E-state index contributed by atoms with van der Waals surface area (Å²) in [5.41, 5.74) is 2.15. The van der Waals surface area contributed by atoms with Crippen LogP contribution in [0.15, 0.2) is 42.6 Å². The maximum atomic E-state index is 13.8.